The minimum atomic E-state index is -4.15. The van der Waals surface area contributed by atoms with Gasteiger partial charge in [-0.15, -0.1) is 0 Å². The molecule has 0 aromatic heterocycles. The molecular formula is C16H19FO5S. The Morgan fingerprint density at radius 2 is 1.91 bits per heavy atom. The minimum Gasteiger partial charge on any atom is -0.468 e. The number of hydrogen-bond acceptors (Lipinski definition) is 5. The van der Waals surface area contributed by atoms with Crippen molar-refractivity contribution < 1.29 is 27.1 Å². The number of halogens is 1. The van der Waals surface area contributed by atoms with Crippen LogP contribution in [0.2, 0.25) is 0 Å². The van der Waals surface area contributed by atoms with Gasteiger partial charge in [0, 0.05) is 12.8 Å². The summed E-state index contributed by atoms with van der Waals surface area (Å²) in [5, 5.41) is 0. The summed E-state index contributed by atoms with van der Waals surface area (Å²) in [7, 11) is -3.03. The topological polar surface area (TPSA) is 77.5 Å². The minimum absolute atomic E-state index is 0.0199. The van der Waals surface area contributed by atoms with E-state index in [4.69, 9.17) is 4.74 Å². The van der Waals surface area contributed by atoms with Crippen molar-refractivity contribution in [3.63, 3.8) is 0 Å². The van der Waals surface area contributed by atoms with Crippen LogP contribution in [0.25, 0.3) is 0 Å². The molecule has 126 valence electrons. The Morgan fingerprint density at radius 3 is 2.43 bits per heavy atom. The Hall–Kier alpha value is -1.76. The van der Waals surface area contributed by atoms with E-state index in [1.54, 1.807) is 0 Å². The SMILES string of the molecule is COC(=O)C(C)(C1CCCC(=O)C1)S(=O)(=O)c1ccc(F)cc1. The molecule has 0 bridgehead atoms. The average Bonchev–Trinajstić information content (AvgIpc) is 2.53. The van der Waals surface area contributed by atoms with Gasteiger partial charge in [0.05, 0.1) is 12.0 Å². The smallest absolute Gasteiger partial charge is 0.327 e. The molecular weight excluding hydrogens is 323 g/mol. The first-order valence-corrected chi connectivity index (χ1v) is 8.82. The lowest BCUT2D eigenvalue weighted by Crippen LogP contribution is -2.52. The number of carbonyl (C=O) groups is 2. The normalized spacial score (nSPS) is 21.5. The molecule has 5 nitrogen and oxygen atoms in total. The van der Waals surface area contributed by atoms with E-state index in [0.29, 0.717) is 19.3 Å². The molecule has 0 amide bonds. The Balaban J connectivity index is 2.55. The first-order chi connectivity index (χ1) is 10.7. The van der Waals surface area contributed by atoms with E-state index < -0.39 is 32.3 Å². The number of ketones is 1. The number of sulfone groups is 1. The largest absolute Gasteiger partial charge is 0.468 e. The number of methoxy groups -OCH3 is 1. The molecule has 0 aliphatic heterocycles. The molecule has 1 aliphatic carbocycles. The summed E-state index contributed by atoms with van der Waals surface area (Å²) >= 11 is 0. The summed E-state index contributed by atoms with van der Waals surface area (Å²) in [5.41, 5.74) is 0. The van der Waals surface area contributed by atoms with E-state index in [2.05, 4.69) is 0 Å². The third-order valence-corrected chi connectivity index (χ3v) is 7.04. The highest BCUT2D eigenvalue weighted by molar-refractivity contribution is 7.93. The molecule has 0 spiro atoms. The van der Waals surface area contributed by atoms with Crippen molar-refractivity contribution >= 4 is 21.6 Å². The third-order valence-electron chi connectivity index (χ3n) is 4.53. The summed E-state index contributed by atoms with van der Waals surface area (Å²) in [6, 6.07) is 4.29. The molecule has 1 aliphatic rings. The third kappa shape index (κ3) is 3.02. The summed E-state index contributed by atoms with van der Waals surface area (Å²) in [6.45, 7) is 1.29. The van der Waals surface area contributed by atoms with E-state index >= 15 is 0 Å². The van der Waals surface area contributed by atoms with Crippen LogP contribution in [0.4, 0.5) is 4.39 Å². The fourth-order valence-electron chi connectivity index (χ4n) is 3.05. The van der Waals surface area contributed by atoms with E-state index in [9.17, 15) is 22.4 Å². The van der Waals surface area contributed by atoms with Gasteiger partial charge in [0.2, 0.25) is 0 Å². The molecule has 0 radical (unpaired) electrons. The highest BCUT2D eigenvalue weighted by Gasteiger charge is 2.54. The number of benzene rings is 1. The van der Waals surface area contributed by atoms with Crippen molar-refractivity contribution in [3.05, 3.63) is 30.1 Å². The van der Waals surface area contributed by atoms with Gasteiger partial charge < -0.3 is 4.74 Å². The van der Waals surface area contributed by atoms with Gasteiger partial charge in [0.15, 0.2) is 14.6 Å². The number of carbonyl (C=O) groups excluding carboxylic acids is 2. The van der Waals surface area contributed by atoms with Crippen LogP contribution in [-0.4, -0.2) is 32.0 Å². The second-order valence-corrected chi connectivity index (χ2v) is 8.21. The van der Waals surface area contributed by atoms with Crippen LogP contribution in [0, 0.1) is 11.7 Å². The summed E-state index contributed by atoms with van der Waals surface area (Å²) in [6.07, 6.45) is 1.39. The Labute approximate surface area is 134 Å². The lowest BCUT2D eigenvalue weighted by Gasteiger charge is -2.36. The number of ether oxygens (including phenoxy) is 1. The number of esters is 1. The van der Waals surface area contributed by atoms with E-state index in [1.165, 1.54) is 6.92 Å². The van der Waals surface area contributed by atoms with Crippen molar-refractivity contribution in [2.24, 2.45) is 5.92 Å². The highest BCUT2D eigenvalue weighted by Crippen LogP contribution is 2.40. The van der Waals surface area contributed by atoms with E-state index in [1.807, 2.05) is 0 Å². The van der Waals surface area contributed by atoms with Crippen LogP contribution in [-0.2, 0) is 24.2 Å². The van der Waals surface area contributed by atoms with Crippen LogP contribution in [0.5, 0.6) is 0 Å². The quantitative estimate of drug-likeness (QED) is 0.620. The van der Waals surface area contributed by atoms with Gasteiger partial charge in [0.1, 0.15) is 11.6 Å². The Kier molecular flexibility index (Phi) is 4.89. The summed E-state index contributed by atoms with van der Waals surface area (Å²) < 4.78 is 42.0. The number of rotatable bonds is 4. The van der Waals surface area contributed by atoms with Crippen LogP contribution >= 0.6 is 0 Å². The molecule has 1 aromatic rings. The van der Waals surface area contributed by atoms with Crippen LogP contribution in [0.15, 0.2) is 29.2 Å². The first kappa shape index (κ1) is 17.6. The van der Waals surface area contributed by atoms with Gasteiger partial charge in [0.25, 0.3) is 0 Å². The van der Waals surface area contributed by atoms with Gasteiger partial charge in [-0.3, -0.25) is 9.59 Å². The zero-order chi connectivity index (χ0) is 17.3. The van der Waals surface area contributed by atoms with Crippen LogP contribution < -0.4 is 0 Å². The lowest BCUT2D eigenvalue weighted by molar-refractivity contribution is -0.145. The predicted octanol–water partition coefficient (Wildman–Crippen LogP) is 2.29. The van der Waals surface area contributed by atoms with Gasteiger partial charge in [-0.25, -0.2) is 12.8 Å². The molecule has 23 heavy (non-hydrogen) atoms. The molecule has 2 atom stereocenters. The van der Waals surface area contributed by atoms with Crippen molar-refractivity contribution in [1.82, 2.24) is 0 Å². The molecule has 1 saturated carbocycles. The molecule has 1 fully saturated rings. The maximum absolute atomic E-state index is 13.1. The fraction of sp³-hybridized carbons (Fsp3) is 0.500. The first-order valence-electron chi connectivity index (χ1n) is 7.33. The fourth-order valence-corrected chi connectivity index (χ4v) is 4.98. The van der Waals surface area contributed by atoms with Crippen LogP contribution in [0.3, 0.4) is 0 Å². The maximum atomic E-state index is 13.1. The van der Waals surface area contributed by atoms with Crippen molar-refractivity contribution in [2.75, 3.05) is 7.11 Å². The zero-order valence-corrected chi connectivity index (χ0v) is 13.9. The molecule has 2 unspecified atom stereocenters. The zero-order valence-electron chi connectivity index (χ0n) is 13.0. The molecule has 0 N–H and O–H groups in total. The summed E-state index contributed by atoms with van der Waals surface area (Å²) in [4.78, 5) is 23.9. The second-order valence-electron chi connectivity index (χ2n) is 5.89. The van der Waals surface area contributed by atoms with Gasteiger partial charge in [-0.1, -0.05) is 0 Å². The average molecular weight is 342 g/mol. The standard InChI is InChI=1S/C16H19FO5S/c1-16(15(19)22-2,11-4-3-5-13(18)10-11)23(20,21)14-8-6-12(17)7-9-14/h6-9,11H,3-5,10H2,1-2H3. The lowest BCUT2D eigenvalue weighted by atomic mass is 9.79. The highest BCUT2D eigenvalue weighted by atomic mass is 32.2. The molecule has 2 rings (SSSR count). The van der Waals surface area contributed by atoms with Crippen molar-refractivity contribution in [3.8, 4) is 0 Å². The molecule has 0 saturated heterocycles. The Bertz CT molecular complexity index is 710. The Morgan fingerprint density at radius 1 is 1.30 bits per heavy atom. The maximum Gasteiger partial charge on any atom is 0.327 e. The number of hydrogen-bond donors (Lipinski definition) is 0. The number of Topliss-reactive ketones (excluding diaryl/α,β-unsaturated/α-hetero) is 1. The monoisotopic (exact) mass is 342 g/mol. The van der Waals surface area contributed by atoms with Gasteiger partial charge in [-0.2, -0.15) is 0 Å². The second kappa shape index (κ2) is 6.39. The molecule has 1 aromatic carbocycles. The van der Waals surface area contributed by atoms with E-state index in [-0.39, 0.29) is 17.1 Å². The van der Waals surface area contributed by atoms with Crippen molar-refractivity contribution in [2.45, 2.75) is 42.2 Å². The van der Waals surface area contributed by atoms with Crippen LogP contribution in [0.1, 0.15) is 32.6 Å². The van der Waals surface area contributed by atoms with Crippen molar-refractivity contribution in [1.29, 1.82) is 0 Å². The van der Waals surface area contributed by atoms with Gasteiger partial charge in [-0.05, 0) is 49.9 Å². The molecule has 7 heteroatoms. The van der Waals surface area contributed by atoms with E-state index in [0.717, 1.165) is 31.4 Å². The predicted molar refractivity (Wildman–Crippen MR) is 81.0 cm³/mol. The van der Waals surface area contributed by atoms with Gasteiger partial charge >= 0.3 is 5.97 Å². The summed E-state index contributed by atoms with van der Waals surface area (Å²) in [5.74, 6) is -2.20. The molecule has 0 heterocycles.